The van der Waals surface area contributed by atoms with E-state index in [4.69, 9.17) is 5.73 Å². The topological polar surface area (TPSA) is 62.4 Å². The molecule has 82 valence electrons. The van der Waals surface area contributed by atoms with E-state index in [2.05, 4.69) is 9.27 Å². The van der Waals surface area contributed by atoms with Crippen LogP contribution in [0.15, 0.2) is 6.07 Å². The van der Waals surface area contributed by atoms with Crippen molar-refractivity contribution in [3.63, 3.8) is 0 Å². The summed E-state index contributed by atoms with van der Waals surface area (Å²) in [4.78, 5) is 2.31. The van der Waals surface area contributed by atoms with E-state index in [0.717, 1.165) is 30.9 Å². The molecule has 0 amide bonds. The third-order valence-corrected chi connectivity index (χ3v) is 4.51. The van der Waals surface area contributed by atoms with E-state index in [9.17, 15) is 5.11 Å². The van der Waals surface area contributed by atoms with Gasteiger partial charge in [-0.25, -0.2) is 0 Å². The van der Waals surface area contributed by atoms with E-state index >= 15 is 0 Å². The molecule has 2 fully saturated rings. The van der Waals surface area contributed by atoms with Crippen molar-refractivity contribution in [2.45, 2.75) is 18.9 Å². The SMILES string of the molecule is Nc1cc(N2CC3CCC(O)C3C2)sn1. The lowest BCUT2D eigenvalue weighted by Gasteiger charge is -2.17. The molecule has 15 heavy (non-hydrogen) atoms. The fraction of sp³-hybridized carbons (Fsp3) is 0.700. The molecule has 1 saturated carbocycles. The van der Waals surface area contributed by atoms with Crippen LogP contribution < -0.4 is 10.6 Å². The van der Waals surface area contributed by atoms with Gasteiger partial charge in [-0.1, -0.05) is 0 Å². The Hall–Kier alpha value is -0.810. The Morgan fingerprint density at radius 2 is 2.33 bits per heavy atom. The van der Waals surface area contributed by atoms with Crippen molar-refractivity contribution in [1.29, 1.82) is 0 Å². The Labute approximate surface area is 92.9 Å². The van der Waals surface area contributed by atoms with E-state index in [1.165, 1.54) is 11.5 Å². The monoisotopic (exact) mass is 225 g/mol. The molecule has 1 aromatic rings. The van der Waals surface area contributed by atoms with Gasteiger partial charge in [-0.15, -0.1) is 0 Å². The van der Waals surface area contributed by atoms with Gasteiger partial charge in [-0.2, -0.15) is 4.37 Å². The lowest BCUT2D eigenvalue weighted by atomic mass is 10.00. The first-order chi connectivity index (χ1) is 7.24. The number of nitrogens with two attached hydrogens (primary N) is 1. The van der Waals surface area contributed by atoms with Crippen LogP contribution in [0, 0.1) is 11.8 Å². The molecule has 5 heteroatoms. The van der Waals surface area contributed by atoms with Gasteiger partial charge in [-0.05, 0) is 30.3 Å². The summed E-state index contributed by atoms with van der Waals surface area (Å²) in [6, 6.07) is 1.93. The summed E-state index contributed by atoms with van der Waals surface area (Å²) in [5.74, 6) is 1.74. The molecule has 2 heterocycles. The molecule has 3 atom stereocenters. The Balaban J connectivity index is 1.77. The minimum absolute atomic E-state index is 0.0923. The van der Waals surface area contributed by atoms with Gasteiger partial charge in [0, 0.05) is 25.1 Å². The third kappa shape index (κ3) is 1.50. The predicted octanol–water partition coefficient (Wildman–Crippen LogP) is 0.932. The molecule has 4 nitrogen and oxygen atoms in total. The van der Waals surface area contributed by atoms with Crippen LogP contribution in [0.5, 0.6) is 0 Å². The largest absolute Gasteiger partial charge is 0.393 e. The van der Waals surface area contributed by atoms with Crippen molar-refractivity contribution >= 4 is 22.4 Å². The zero-order valence-corrected chi connectivity index (χ0v) is 9.28. The van der Waals surface area contributed by atoms with Crippen LogP contribution in [-0.4, -0.2) is 28.7 Å². The number of aliphatic hydroxyl groups excluding tert-OH is 1. The minimum atomic E-state index is -0.0923. The number of rotatable bonds is 1. The fourth-order valence-electron chi connectivity index (χ4n) is 2.84. The van der Waals surface area contributed by atoms with Crippen molar-refractivity contribution in [1.82, 2.24) is 4.37 Å². The van der Waals surface area contributed by atoms with Crippen LogP contribution in [0.3, 0.4) is 0 Å². The first kappa shape index (κ1) is 9.42. The minimum Gasteiger partial charge on any atom is -0.393 e. The molecule has 0 bridgehead atoms. The van der Waals surface area contributed by atoms with Crippen molar-refractivity contribution in [2.75, 3.05) is 23.7 Å². The quantitative estimate of drug-likeness (QED) is 0.746. The Kier molecular flexibility index (Phi) is 2.10. The second-order valence-electron chi connectivity index (χ2n) is 4.56. The highest BCUT2D eigenvalue weighted by Gasteiger charge is 2.42. The average molecular weight is 225 g/mol. The number of hydrogen-bond donors (Lipinski definition) is 2. The lowest BCUT2D eigenvalue weighted by Crippen LogP contribution is -2.23. The van der Waals surface area contributed by atoms with E-state index in [1.54, 1.807) is 0 Å². The summed E-state index contributed by atoms with van der Waals surface area (Å²) in [6.45, 7) is 2.02. The molecule has 2 aliphatic rings. The van der Waals surface area contributed by atoms with E-state index < -0.39 is 0 Å². The maximum absolute atomic E-state index is 9.81. The number of nitrogen functional groups attached to an aromatic ring is 1. The first-order valence-electron chi connectivity index (χ1n) is 5.39. The number of aromatic nitrogens is 1. The predicted molar refractivity (Wildman–Crippen MR) is 61.0 cm³/mol. The van der Waals surface area contributed by atoms with Gasteiger partial charge >= 0.3 is 0 Å². The number of anilines is 2. The highest BCUT2D eigenvalue weighted by molar-refractivity contribution is 7.10. The molecule has 1 aromatic heterocycles. The van der Waals surface area contributed by atoms with Gasteiger partial charge in [-0.3, -0.25) is 0 Å². The molecule has 3 unspecified atom stereocenters. The zero-order chi connectivity index (χ0) is 10.4. The number of nitrogens with zero attached hydrogens (tertiary/aromatic N) is 2. The van der Waals surface area contributed by atoms with E-state index in [1.807, 2.05) is 6.07 Å². The smallest absolute Gasteiger partial charge is 0.139 e. The van der Waals surface area contributed by atoms with Crippen LogP contribution in [0.1, 0.15) is 12.8 Å². The molecule has 3 rings (SSSR count). The molecule has 0 radical (unpaired) electrons. The van der Waals surface area contributed by atoms with Crippen molar-refractivity contribution in [3.05, 3.63) is 6.07 Å². The molecule has 1 aliphatic carbocycles. The summed E-state index contributed by atoms with van der Waals surface area (Å²) in [5, 5.41) is 11.0. The first-order valence-corrected chi connectivity index (χ1v) is 6.16. The number of fused-ring (bicyclic) bond motifs is 1. The highest BCUT2D eigenvalue weighted by Crippen LogP contribution is 2.40. The van der Waals surface area contributed by atoms with Gasteiger partial charge in [0.1, 0.15) is 10.8 Å². The van der Waals surface area contributed by atoms with Crippen LogP contribution in [0.4, 0.5) is 10.8 Å². The Morgan fingerprint density at radius 3 is 3.00 bits per heavy atom. The molecule has 0 aromatic carbocycles. The van der Waals surface area contributed by atoms with Crippen LogP contribution in [0.25, 0.3) is 0 Å². The van der Waals surface area contributed by atoms with Crippen LogP contribution in [-0.2, 0) is 0 Å². The maximum atomic E-state index is 9.81. The second-order valence-corrected chi connectivity index (χ2v) is 5.35. The van der Waals surface area contributed by atoms with E-state index in [-0.39, 0.29) is 6.10 Å². The number of hydrogen-bond acceptors (Lipinski definition) is 5. The standard InChI is InChI=1S/C10H15N3OS/c11-9-3-10(15-12-9)13-4-6-1-2-8(14)7(6)5-13/h3,6-8,14H,1-2,4-5H2,(H2,11,12). The molecular formula is C10H15N3OS. The fourth-order valence-corrected chi connectivity index (χ4v) is 3.53. The highest BCUT2D eigenvalue weighted by atomic mass is 32.1. The zero-order valence-electron chi connectivity index (χ0n) is 8.47. The summed E-state index contributed by atoms with van der Waals surface area (Å²) >= 11 is 1.46. The van der Waals surface area contributed by atoms with Gasteiger partial charge < -0.3 is 15.7 Å². The molecule has 1 aliphatic heterocycles. The summed E-state index contributed by atoms with van der Waals surface area (Å²) in [5.41, 5.74) is 5.61. The van der Waals surface area contributed by atoms with Crippen LogP contribution >= 0.6 is 11.5 Å². The van der Waals surface area contributed by atoms with Crippen molar-refractivity contribution in [2.24, 2.45) is 11.8 Å². The van der Waals surface area contributed by atoms with Gasteiger partial charge in [0.15, 0.2) is 0 Å². The Morgan fingerprint density at radius 1 is 1.47 bits per heavy atom. The van der Waals surface area contributed by atoms with Gasteiger partial charge in [0.05, 0.1) is 6.10 Å². The molecule has 0 spiro atoms. The molecular weight excluding hydrogens is 210 g/mol. The van der Waals surface area contributed by atoms with Gasteiger partial charge in [0.2, 0.25) is 0 Å². The average Bonchev–Trinajstić information content (AvgIpc) is 2.84. The van der Waals surface area contributed by atoms with E-state index in [0.29, 0.717) is 17.7 Å². The van der Waals surface area contributed by atoms with Crippen molar-refractivity contribution < 1.29 is 5.11 Å². The summed E-state index contributed by atoms with van der Waals surface area (Å²) < 4.78 is 4.09. The molecule has 1 saturated heterocycles. The Bertz CT molecular complexity index is 367. The van der Waals surface area contributed by atoms with Gasteiger partial charge in [0.25, 0.3) is 0 Å². The van der Waals surface area contributed by atoms with Crippen molar-refractivity contribution in [3.8, 4) is 0 Å². The van der Waals surface area contributed by atoms with Crippen LogP contribution in [0.2, 0.25) is 0 Å². The summed E-state index contributed by atoms with van der Waals surface area (Å²) in [6.07, 6.45) is 2.05. The normalized spacial score (nSPS) is 34.7. The lowest BCUT2D eigenvalue weighted by molar-refractivity contribution is 0.134. The molecule has 3 N–H and O–H groups in total. The maximum Gasteiger partial charge on any atom is 0.139 e. The number of aliphatic hydroxyl groups is 1. The summed E-state index contributed by atoms with van der Waals surface area (Å²) in [7, 11) is 0. The second kappa shape index (κ2) is 3.35. The third-order valence-electron chi connectivity index (χ3n) is 3.65.